The number of ether oxygens (including phenoxy) is 3. The Morgan fingerprint density at radius 2 is 1.89 bits per heavy atom. The Labute approximate surface area is 164 Å². The number of carbonyl (C=O) groups is 3. The fraction of sp³-hybridized carbons (Fsp3) is 0.550. The maximum Gasteiger partial charge on any atom is 0.338 e. The lowest BCUT2D eigenvalue weighted by molar-refractivity contribution is -0.127. The molecular formula is C20H28N2O6. The summed E-state index contributed by atoms with van der Waals surface area (Å²) in [7, 11) is 0. The molecule has 154 valence electrons. The number of rotatable bonds is 6. The topological polar surface area (TPSA) is 103 Å². The summed E-state index contributed by atoms with van der Waals surface area (Å²) in [5.41, 5.74) is -0.207. The van der Waals surface area contributed by atoms with Gasteiger partial charge in [-0.2, -0.15) is 0 Å². The fourth-order valence-electron chi connectivity index (χ4n) is 2.52. The zero-order valence-corrected chi connectivity index (χ0v) is 16.7. The second-order valence-corrected chi connectivity index (χ2v) is 7.71. The molecule has 1 aromatic carbocycles. The molecule has 1 fully saturated rings. The summed E-state index contributed by atoms with van der Waals surface area (Å²) in [6.45, 7) is 7.99. The molecule has 28 heavy (non-hydrogen) atoms. The van der Waals surface area contributed by atoms with Crippen LogP contribution >= 0.6 is 0 Å². The monoisotopic (exact) mass is 392 g/mol. The van der Waals surface area contributed by atoms with Crippen LogP contribution in [0.4, 0.5) is 4.79 Å². The van der Waals surface area contributed by atoms with Crippen LogP contribution in [0.2, 0.25) is 0 Å². The molecule has 1 saturated heterocycles. The molecule has 0 radical (unpaired) electrons. The Balaban J connectivity index is 1.80. The zero-order valence-electron chi connectivity index (χ0n) is 16.7. The number of carbonyl (C=O) groups excluding carboxylic acids is 3. The standard InChI is InChI=1S/C20H28N2O6/c1-13(17(23)21-19(25)22-20(2,3)4)28-18(24)14-7-9-15(10-8-14)27-12-16-6-5-11-26-16/h7-10,13,16H,5-6,11-12H2,1-4H3,(H2,21,22,23,25). The Kier molecular flexibility index (Phi) is 7.39. The first-order valence-corrected chi connectivity index (χ1v) is 9.32. The average molecular weight is 392 g/mol. The SMILES string of the molecule is CC(OC(=O)c1ccc(OCC2CCCO2)cc1)C(=O)NC(=O)NC(C)(C)C. The number of urea groups is 1. The summed E-state index contributed by atoms with van der Waals surface area (Å²) >= 11 is 0. The van der Waals surface area contributed by atoms with E-state index in [4.69, 9.17) is 14.2 Å². The first-order valence-electron chi connectivity index (χ1n) is 9.32. The van der Waals surface area contributed by atoms with Crippen LogP contribution in [-0.2, 0) is 14.3 Å². The minimum absolute atomic E-state index is 0.111. The Morgan fingerprint density at radius 1 is 1.21 bits per heavy atom. The molecule has 2 atom stereocenters. The van der Waals surface area contributed by atoms with Gasteiger partial charge in [0.15, 0.2) is 6.10 Å². The first-order chi connectivity index (χ1) is 13.1. The van der Waals surface area contributed by atoms with Gasteiger partial charge in [-0.1, -0.05) is 0 Å². The van der Waals surface area contributed by atoms with E-state index in [0.717, 1.165) is 19.4 Å². The molecule has 2 N–H and O–H groups in total. The van der Waals surface area contributed by atoms with Crippen LogP contribution in [0.3, 0.4) is 0 Å². The lowest BCUT2D eigenvalue weighted by Crippen LogP contribution is -2.50. The van der Waals surface area contributed by atoms with Gasteiger partial charge in [-0.3, -0.25) is 10.1 Å². The van der Waals surface area contributed by atoms with E-state index in [0.29, 0.717) is 12.4 Å². The Morgan fingerprint density at radius 3 is 2.46 bits per heavy atom. The van der Waals surface area contributed by atoms with Crippen molar-refractivity contribution in [3.05, 3.63) is 29.8 Å². The third-order valence-corrected chi connectivity index (χ3v) is 3.93. The van der Waals surface area contributed by atoms with E-state index >= 15 is 0 Å². The maximum absolute atomic E-state index is 12.2. The molecule has 0 bridgehead atoms. The fourth-order valence-corrected chi connectivity index (χ4v) is 2.52. The van der Waals surface area contributed by atoms with Crippen molar-refractivity contribution in [3.8, 4) is 5.75 Å². The van der Waals surface area contributed by atoms with Crippen LogP contribution in [0.5, 0.6) is 5.75 Å². The number of hydrogen-bond acceptors (Lipinski definition) is 6. The number of esters is 1. The van der Waals surface area contributed by atoms with Crippen molar-refractivity contribution in [1.29, 1.82) is 0 Å². The zero-order chi connectivity index (χ0) is 20.7. The van der Waals surface area contributed by atoms with E-state index in [1.807, 2.05) is 0 Å². The number of benzene rings is 1. The first kappa shape index (κ1) is 21.7. The van der Waals surface area contributed by atoms with E-state index in [9.17, 15) is 14.4 Å². The highest BCUT2D eigenvalue weighted by Gasteiger charge is 2.23. The molecule has 1 heterocycles. The molecule has 1 aromatic rings. The molecular weight excluding hydrogens is 364 g/mol. The molecule has 0 saturated carbocycles. The van der Waals surface area contributed by atoms with Crippen LogP contribution in [0.15, 0.2) is 24.3 Å². The molecule has 0 aromatic heterocycles. The number of amides is 3. The van der Waals surface area contributed by atoms with Gasteiger partial charge in [0, 0.05) is 12.1 Å². The van der Waals surface area contributed by atoms with E-state index in [-0.39, 0.29) is 11.7 Å². The van der Waals surface area contributed by atoms with Crippen molar-refractivity contribution < 1.29 is 28.6 Å². The molecule has 8 nitrogen and oxygen atoms in total. The van der Waals surface area contributed by atoms with Gasteiger partial charge < -0.3 is 19.5 Å². The third kappa shape index (κ3) is 7.19. The van der Waals surface area contributed by atoms with E-state index < -0.39 is 29.6 Å². The summed E-state index contributed by atoms with van der Waals surface area (Å²) in [4.78, 5) is 35.9. The predicted molar refractivity (Wildman–Crippen MR) is 102 cm³/mol. The highest BCUT2D eigenvalue weighted by Crippen LogP contribution is 2.17. The molecule has 1 aliphatic rings. The van der Waals surface area contributed by atoms with Crippen molar-refractivity contribution in [2.45, 2.75) is 58.3 Å². The van der Waals surface area contributed by atoms with Crippen LogP contribution in [0, 0.1) is 0 Å². The van der Waals surface area contributed by atoms with Crippen LogP contribution < -0.4 is 15.4 Å². The second-order valence-electron chi connectivity index (χ2n) is 7.71. The minimum Gasteiger partial charge on any atom is -0.491 e. The summed E-state index contributed by atoms with van der Waals surface area (Å²) < 4.78 is 16.3. The Bertz CT molecular complexity index is 690. The highest BCUT2D eigenvalue weighted by atomic mass is 16.5. The quantitative estimate of drug-likeness (QED) is 0.721. The molecule has 0 spiro atoms. The second kappa shape index (κ2) is 9.54. The van der Waals surface area contributed by atoms with Crippen molar-refractivity contribution >= 4 is 17.9 Å². The van der Waals surface area contributed by atoms with Crippen molar-refractivity contribution in [2.24, 2.45) is 0 Å². The third-order valence-electron chi connectivity index (χ3n) is 3.93. The van der Waals surface area contributed by atoms with Gasteiger partial charge in [0.25, 0.3) is 5.91 Å². The van der Waals surface area contributed by atoms with Crippen molar-refractivity contribution in [1.82, 2.24) is 10.6 Å². The predicted octanol–water partition coefficient (Wildman–Crippen LogP) is 2.41. The van der Waals surface area contributed by atoms with Gasteiger partial charge in [0.2, 0.25) is 0 Å². The van der Waals surface area contributed by atoms with Gasteiger partial charge in [0.1, 0.15) is 12.4 Å². The van der Waals surface area contributed by atoms with Gasteiger partial charge >= 0.3 is 12.0 Å². The van der Waals surface area contributed by atoms with Crippen molar-refractivity contribution in [3.63, 3.8) is 0 Å². The maximum atomic E-state index is 12.2. The van der Waals surface area contributed by atoms with Crippen LogP contribution in [0.1, 0.15) is 50.9 Å². The summed E-state index contributed by atoms with van der Waals surface area (Å²) in [5.74, 6) is -0.743. The van der Waals surface area contributed by atoms with E-state index in [1.54, 1.807) is 45.0 Å². The van der Waals surface area contributed by atoms with Gasteiger partial charge in [0.05, 0.1) is 11.7 Å². The van der Waals surface area contributed by atoms with Crippen molar-refractivity contribution in [2.75, 3.05) is 13.2 Å². The molecule has 8 heteroatoms. The van der Waals surface area contributed by atoms with Gasteiger partial charge in [-0.05, 0) is 64.8 Å². The molecule has 0 aliphatic carbocycles. The largest absolute Gasteiger partial charge is 0.491 e. The minimum atomic E-state index is -1.12. The number of hydrogen-bond donors (Lipinski definition) is 2. The summed E-state index contributed by atoms with van der Waals surface area (Å²) in [6, 6.07) is 5.79. The molecule has 3 amide bonds. The molecule has 1 aliphatic heterocycles. The normalized spacial score (nSPS) is 17.5. The van der Waals surface area contributed by atoms with E-state index in [1.165, 1.54) is 6.92 Å². The number of nitrogens with one attached hydrogen (secondary N) is 2. The van der Waals surface area contributed by atoms with Gasteiger partial charge in [-0.15, -0.1) is 0 Å². The molecule has 2 rings (SSSR count). The lowest BCUT2D eigenvalue weighted by Gasteiger charge is -2.21. The molecule has 2 unspecified atom stereocenters. The number of imide groups is 1. The average Bonchev–Trinajstić information content (AvgIpc) is 3.12. The summed E-state index contributed by atoms with van der Waals surface area (Å²) in [5, 5.41) is 4.74. The lowest BCUT2D eigenvalue weighted by atomic mass is 10.1. The smallest absolute Gasteiger partial charge is 0.338 e. The van der Waals surface area contributed by atoms with E-state index in [2.05, 4.69) is 10.6 Å². The van der Waals surface area contributed by atoms with Gasteiger partial charge in [-0.25, -0.2) is 9.59 Å². The van der Waals surface area contributed by atoms with Crippen LogP contribution in [-0.4, -0.2) is 48.9 Å². The highest BCUT2D eigenvalue weighted by molar-refractivity contribution is 5.98. The Hall–Kier alpha value is -2.61. The summed E-state index contributed by atoms with van der Waals surface area (Å²) in [6.07, 6.45) is 1.02. The van der Waals surface area contributed by atoms with Crippen LogP contribution in [0.25, 0.3) is 0 Å².